The molecule has 0 fully saturated rings. The molecule has 0 saturated heterocycles. The van der Waals surface area contributed by atoms with Crippen molar-refractivity contribution in [2.45, 2.75) is 31.3 Å². The number of rotatable bonds is 11. The number of ether oxygens (including phenoxy) is 1. The van der Waals surface area contributed by atoms with Crippen LogP contribution in [0.3, 0.4) is 0 Å². The third-order valence-electron chi connectivity index (χ3n) is 5.92. The van der Waals surface area contributed by atoms with Gasteiger partial charge in [-0.25, -0.2) is 8.42 Å². The molecule has 3 rings (SSSR count). The number of carbonyl (C=O) groups is 2. The molecule has 0 aliphatic carbocycles. The fraction of sp³-hybridized carbons (Fsp3) is 0.259. The van der Waals surface area contributed by atoms with E-state index in [1.165, 1.54) is 24.1 Å². The van der Waals surface area contributed by atoms with Crippen molar-refractivity contribution < 1.29 is 22.7 Å². The first-order chi connectivity index (χ1) is 18.5. The molecule has 0 aliphatic heterocycles. The minimum absolute atomic E-state index is 0.00701. The van der Waals surface area contributed by atoms with Crippen LogP contribution in [-0.2, 0) is 26.2 Å². The standard InChI is InChI=1S/C27H28BrCl2N3O5S/c1-4-38-21-12-10-20(11-13-21)33(39(36,37)22-14-8-19(28)9-15-22)17-26(34)32(18(2)27(35)31-3)16-23-24(29)6-5-7-25(23)30/h5-15,18H,4,16-17H2,1-3H3,(H,31,35)/t18-/m0/s1. The summed E-state index contributed by atoms with van der Waals surface area (Å²) in [5.74, 6) is -0.511. The zero-order chi connectivity index (χ0) is 28.7. The molecule has 8 nitrogen and oxygen atoms in total. The Morgan fingerprint density at radius 3 is 2.13 bits per heavy atom. The maximum absolute atomic E-state index is 13.8. The molecule has 0 unspecified atom stereocenters. The third kappa shape index (κ3) is 7.45. The Hall–Kier alpha value is -2.79. The van der Waals surface area contributed by atoms with Crippen molar-refractivity contribution >= 4 is 66.7 Å². The molecule has 0 saturated carbocycles. The summed E-state index contributed by atoms with van der Waals surface area (Å²) in [5, 5.41) is 3.16. The van der Waals surface area contributed by atoms with Crippen molar-refractivity contribution in [2.24, 2.45) is 0 Å². The zero-order valence-corrected chi connectivity index (χ0v) is 25.4. The van der Waals surface area contributed by atoms with E-state index in [4.69, 9.17) is 27.9 Å². The first-order valence-electron chi connectivity index (χ1n) is 11.9. The quantitative estimate of drug-likeness (QED) is 0.294. The molecule has 208 valence electrons. The van der Waals surface area contributed by atoms with Crippen LogP contribution in [0.15, 0.2) is 76.1 Å². The highest BCUT2D eigenvalue weighted by molar-refractivity contribution is 9.10. The number of nitrogens with one attached hydrogen (secondary N) is 1. The SMILES string of the molecule is CCOc1ccc(N(CC(=O)N(Cc2c(Cl)cccc2Cl)[C@@H](C)C(=O)NC)S(=O)(=O)c2ccc(Br)cc2)cc1. The van der Waals surface area contributed by atoms with Crippen LogP contribution < -0.4 is 14.4 Å². The van der Waals surface area contributed by atoms with Crippen LogP contribution in [0.5, 0.6) is 5.75 Å². The van der Waals surface area contributed by atoms with E-state index in [9.17, 15) is 18.0 Å². The Morgan fingerprint density at radius 1 is 1.00 bits per heavy atom. The molecule has 1 N–H and O–H groups in total. The fourth-order valence-electron chi connectivity index (χ4n) is 3.78. The van der Waals surface area contributed by atoms with Gasteiger partial charge in [0.05, 0.1) is 17.2 Å². The van der Waals surface area contributed by atoms with Gasteiger partial charge in [-0.3, -0.25) is 13.9 Å². The van der Waals surface area contributed by atoms with Crippen molar-refractivity contribution in [2.75, 3.05) is 24.5 Å². The number of nitrogens with zero attached hydrogens (tertiary/aromatic N) is 2. The van der Waals surface area contributed by atoms with Crippen LogP contribution in [-0.4, -0.2) is 51.4 Å². The monoisotopic (exact) mass is 655 g/mol. The van der Waals surface area contributed by atoms with Crippen molar-refractivity contribution in [3.63, 3.8) is 0 Å². The molecule has 1 atom stereocenters. The van der Waals surface area contributed by atoms with Gasteiger partial charge in [0, 0.05) is 33.7 Å². The molecule has 12 heteroatoms. The maximum Gasteiger partial charge on any atom is 0.264 e. The molecule has 0 spiro atoms. The minimum atomic E-state index is -4.19. The van der Waals surface area contributed by atoms with Gasteiger partial charge in [-0.2, -0.15) is 0 Å². The second kappa shape index (κ2) is 13.5. The largest absolute Gasteiger partial charge is 0.494 e. The number of likely N-dealkylation sites (N-methyl/N-ethyl adjacent to an activating group) is 1. The fourth-order valence-corrected chi connectivity index (χ4v) is 5.98. The second-order valence-electron chi connectivity index (χ2n) is 8.40. The van der Waals surface area contributed by atoms with Gasteiger partial charge < -0.3 is 15.0 Å². The van der Waals surface area contributed by atoms with Gasteiger partial charge in [-0.15, -0.1) is 0 Å². The van der Waals surface area contributed by atoms with Crippen molar-refractivity contribution in [3.05, 3.63) is 86.8 Å². The summed E-state index contributed by atoms with van der Waals surface area (Å²) in [4.78, 5) is 27.7. The average Bonchev–Trinajstić information content (AvgIpc) is 2.91. The number of benzene rings is 3. The van der Waals surface area contributed by atoms with Crippen LogP contribution in [0.1, 0.15) is 19.4 Å². The van der Waals surface area contributed by atoms with Crippen LogP contribution in [0.4, 0.5) is 5.69 Å². The van der Waals surface area contributed by atoms with E-state index in [1.807, 2.05) is 6.92 Å². The van der Waals surface area contributed by atoms with Crippen LogP contribution in [0, 0.1) is 0 Å². The summed E-state index contributed by atoms with van der Waals surface area (Å²) in [6.45, 7) is 3.13. The Kier molecular flexibility index (Phi) is 10.7. The molecule has 0 aromatic heterocycles. The number of amides is 2. The lowest BCUT2D eigenvalue weighted by molar-refractivity contribution is -0.139. The number of halogens is 3. The van der Waals surface area contributed by atoms with E-state index in [0.717, 1.165) is 4.31 Å². The van der Waals surface area contributed by atoms with Crippen molar-refractivity contribution in [1.29, 1.82) is 0 Å². The van der Waals surface area contributed by atoms with Gasteiger partial charge in [-0.1, -0.05) is 45.2 Å². The second-order valence-corrected chi connectivity index (χ2v) is 12.0. The van der Waals surface area contributed by atoms with Gasteiger partial charge in [0.25, 0.3) is 10.0 Å². The predicted octanol–water partition coefficient (Wildman–Crippen LogP) is 5.51. The lowest BCUT2D eigenvalue weighted by Crippen LogP contribution is -2.50. The summed E-state index contributed by atoms with van der Waals surface area (Å²) < 4.78 is 34.8. The molecule has 0 bridgehead atoms. The summed E-state index contributed by atoms with van der Waals surface area (Å²) in [7, 11) is -2.74. The Balaban J connectivity index is 2.06. The minimum Gasteiger partial charge on any atom is -0.494 e. The molecule has 2 amide bonds. The molecule has 3 aromatic rings. The number of hydrogen-bond donors (Lipinski definition) is 1. The number of hydrogen-bond acceptors (Lipinski definition) is 5. The Bertz CT molecular complexity index is 1400. The molecule has 0 radical (unpaired) electrons. The summed E-state index contributed by atoms with van der Waals surface area (Å²) in [6.07, 6.45) is 0. The third-order valence-corrected chi connectivity index (χ3v) is 8.95. The van der Waals surface area contributed by atoms with Gasteiger partial charge in [0.1, 0.15) is 18.3 Å². The van der Waals surface area contributed by atoms with E-state index in [1.54, 1.807) is 61.5 Å². The zero-order valence-electron chi connectivity index (χ0n) is 21.5. The summed E-state index contributed by atoms with van der Waals surface area (Å²) >= 11 is 16.0. The summed E-state index contributed by atoms with van der Waals surface area (Å²) in [5.41, 5.74) is 0.686. The average molecular weight is 657 g/mol. The molecular formula is C27H28BrCl2N3O5S. The first-order valence-corrected chi connectivity index (χ1v) is 14.9. The molecule has 0 heterocycles. The van der Waals surface area contributed by atoms with E-state index in [2.05, 4.69) is 21.2 Å². The highest BCUT2D eigenvalue weighted by atomic mass is 79.9. The van der Waals surface area contributed by atoms with E-state index >= 15 is 0 Å². The smallest absolute Gasteiger partial charge is 0.264 e. The first kappa shape index (κ1) is 30.7. The molecule has 0 aliphatic rings. The lowest BCUT2D eigenvalue weighted by atomic mass is 10.1. The normalized spacial score (nSPS) is 11.9. The van der Waals surface area contributed by atoms with Crippen molar-refractivity contribution in [3.8, 4) is 5.75 Å². The Morgan fingerprint density at radius 2 is 1.59 bits per heavy atom. The highest BCUT2D eigenvalue weighted by Gasteiger charge is 2.33. The van der Waals surface area contributed by atoms with E-state index in [0.29, 0.717) is 32.4 Å². The predicted molar refractivity (Wildman–Crippen MR) is 157 cm³/mol. The number of carbonyl (C=O) groups excluding carboxylic acids is 2. The molecule has 3 aromatic carbocycles. The van der Waals surface area contributed by atoms with Gasteiger partial charge >= 0.3 is 0 Å². The van der Waals surface area contributed by atoms with E-state index < -0.39 is 34.4 Å². The Labute approximate surface area is 247 Å². The van der Waals surface area contributed by atoms with Crippen LogP contribution in [0.25, 0.3) is 0 Å². The topological polar surface area (TPSA) is 96.0 Å². The van der Waals surface area contributed by atoms with E-state index in [-0.39, 0.29) is 17.1 Å². The molecule has 39 heavy (non-hydrogen) atoms. The van der Waals surface area contributed by atoms with Crippen LogP contribution >= 0.6 is 39.1 Å². The highest BCUT2D eigenvalue weighted by Crippen LogP contribution is 2.29. The van der Waals surface area contributed by atoms with Gasteiger partial charge in [0.2, 0.25) is 11.8 Å². The number of anilines is 1. The van der Waals surface area contributed by atoms with Gasteiger partial charge in [-0.05, 0) is 74.5 Å². The summed E-state index contributed by atoms with van der Waals surface area (Å²) in [6, 6.07) is 16.4. The maximum atomic E-state index is 13.8. The van der Waals surface area contributed by atoms with Crippen LogP contribution in [0.2, 0.25) is 10.0 Å². The number of sulfonamides is 1. The lowest BCUT2D eigenvalue weighted by Gasteiger charge is -2.32. The van der Waals surface area contributed by atoms with Crippen molar-refractivity contribution in [1.82, 2.24) is 10.2 Å². The molecular weight excluding hydrogens is 629 g/mol. The van der Waals surface area contributed by atoms with Gasteiger partial charge in [0.15, 0.2) is 0 Å².